The monoisotopic (exact) mass is 558 g/mol. The molecule has 2 heterocycles. The Labute approximate surface area is 204 Å². The van der Waals surface area contributed by atoms with Crippen molar-refractivity contribution in [1.82, 2.24) is 4.98 Å². The van der Waals surface area contributed by atoms with Crippen LogP contribution in [0.4, 0.5) is 16.5 Å². The lowest BCUT2D eigenvalue weighted by Gasteiger charge is -2.27. The van der Waals surface area contributed by atoms with Crippen LogP contribution in [0, 0.1) is 10.1 Å². The van der Waals surface area contributed by atoms with Crippen molar-refractivity contribution in [3.05, 3.63) is 85.8 Å². The summed E-state index contributed by atoms with van der Waals surface area (Å²) in [6.45, 7) is 0. The van der Waals surface area contributed by atoms with Crippen LogP contribution in [0.5, 0.6) is 0 Å². The van der Waals surface area contributed by atoms with Crippen molar-refractivity contribution in [3.8, 4) is 0 Å². The summed E-state index contributed by atoms with van der Waals surface area (Å²) in [6, 6.07) is 11.0. The molecular weight excluding hydrogens is 548 g/mol. The maximum Gasteiger partial charge on any atom is 0.284 e. The fourth-order valence-electron chi connectivity index (χ4n) is 3.71. The number of benzene rings is 3. The molecule has 10 nitrogen and oxygen atoms in total. The molecule has 0 fully saturated rings. The number of amides is 2. The molecule has 1 aromatic heterocycles. The van der Waals surface area contributed by atoms with Gasteiger partial charge >= 0.3 is 0 Å². The molecule has 4 aromatic rings. The topological polar surface area (TPSA) is 140 Å². The van der Waals surface area contributed by atoms with Crippen LogP contribution < -0.4 is 9.62 Å². The van der Waals surface area contributed by atoms with Crippen molar-refractivity contribution in [1.29, 1.82) is 0 Å². The van der Waals surface area contributed by atoms with Gasteiger partial charge in [0.15, 0.2) is 5.13 Å². The molecule has 0 bridgehead atoms. The van der Waals surface area contributed by atoms with Crippen molar-refractivity contribution in [2.75, 3.05) is 9.62 Å². The predicted molar refractivity (Wildman–Crippen MR) is 129 cm³/mol. The quantitative estimate of drug-likeness (QED) is 0.215. The molecule has 13 heteroatoms. The zero-order chi connectivity index (χ0) is 24.2. The normalized spacial score (nSPS) is 13.4. The lowest BCUT2D eigenvalue weighted by atomic mass is 9.93. The van der Waals surface area contributed by atoms with Crippen LogP contribution in [-0.2, 0) is 10.0 Å². The van der Waals surface area contributed by atoms with E-state index < -0.39 is 26.8 Å². The summed E-state index contributed by atoms with van der Waals surface area (Å²) >= 11 is 4.32. The van der Waals surface area contributed by atoms with E-state index in [1.54, 1.807) is 17.5 Å². The van der Waals surface area contributed by atoms with Crippen LogP contribution in [0.15, 0.2) is 69.5 Å². The van der Waals surface area contributed by atoms with Gasteiger partial charge in [0, 0.05) is 34.0 Å². The van der Waals surface area contributed by atoms with E-state index in [9.17, 15) is 28.1 Å². The van der Waals surface area contributed by atoms with Gasteiger partial charge in [-0.2, -0.15) is 0 Å². The second-order valence-corrected chi connectivity index (χ2v) is 10.5. The van der Waals surface area contributed by atoms with E-state index in [0.29, 0.717) is 10.8 Å². The molecule has 0 radical (unpaired) electrons. The second-order valence-electron chi connectivity index (χ2n) is 7.12. The van der Waals surface area contributed by atoms with E-state index in [1.807, 2.05) is 0 Å². The van der Waals surface area contributed by atoms with Gasteiger partial charge in [0.2, 0.25) is 0 Å². The summed E-state index contributed by atoms with van der Waals surface area (Å²) < 4.78 is 27.7. The summed E-state index contributed by atoms with van der Waals surface area (Å²) in [7, 11) is -3.93. The number of hydrogen-bond donors (Lipinski definition) is 1. The number of hydrogen-bond acceptors (Lipinski definition) is 8. The van der Waals surface area contributed by atoms with Gasteiger partial charge in [-0.25, -0.2) is 18.3 Å². The number of rotatable bonds is 5. The third-order valence-corrected chi connectivity index (χ3v) is 8.21. The number of nitro benzene ring substituents is 1. The minimum atomic E-state index is -3.93. The summed E-state index contributed by atoms with van der Waals surface area (Å²) in [5.41, 5.74) is 0.0143. The summed E-state index contributed by atoms with van der Waals surface area (Å²) in [4.78, 5) is 42.2. The standard InChI is InChI=1S/C21H11BrN4O6S2/c22-18-13-2-1-3-14-17(13)15(10-16(18)26(29)30)20(28)25(19(14)27)11-4-6-12(7-5-11)34(31,32)24-21-23-8-9-33-21/h1-10H,(H,23,24). The molecule has 3 aromatic carbocycles. The van der Waals surface area contributed by atoms with E-state index in [4.69, 9.17) is 0 Å². The number of carbonyl (C=O) groups excluding carboxylic acids is 2. The Morgan fingerprint density at radius 3 is 2.41 bits per heavy atom. The van der Waals surface area contributed by atoms with Gasteiger partial charge in [-0.15, -0.1) is 11.3 Å². The van der Waals surface area contributed by atoms with Crippen LogP contribution in [-0.4, -0.2) is 30.1 Å². The van der Waals surface area contributed by atoms with Gasteiger partial charge in [0.05, 0.1) is 21.1 Å². The Hall–Kier alpha value is -3.68. The van der Waals surface area contributed by atoms with Gasteiger partial charge in [-0.3, -0.25) is 24.4 Å². The predicted octanol–water partition coefficient (Wildman–Crippen LogP) is 4.57. The minimum Gasteiger partial charge on any atom is -0.268 e. The average Bonchev–Trinajstić information content (AvgIpc) is 3.31. The Morgan fingerprint density at radius 1 is 1.06 bits per heavy atom. The summed E-state index contributed by atoms with van der Waals surface area (Å²) in [5.74, 6) is -1.37. The number of anilines is 2. The molecule has 2 amide bonds. The molecule has 1 aliphatic heterocycles. The first-order valence-electron chi connectivity index (χ1n) is 9.50. The fraction of sp³-hybridized carbons (Fsp3) is 0. The molecule has 0 saturated carbocycles. The lowest BCUT2D eigenvalue weighted by Crippen LogP contribution is -2.40. The van der Waals surface area contributed by atoms with E-state index >= 15 is 0 Å². The average molecular weight is 559 g/mol. The lowest BCUT2D eigenvalue weighted by molar-refractivity contribution is -0.385. The van der Waals surface area contributed by atoms with Gasteiger partial charge in [-0.1, -0.05) is 12.1 Å². The number of imide groups is 1. The molecule has 0 saturated heterocycles. The van der Waals surface area contributed by atoms with Crippen molar-refractivity contribution in [2.24, 2.45) is 0 Å². The highest BCUT2D eigenvalue weighted by atomic mass is 79.9. The van der Waals surface area contributed by atoms with Crippen LogP contribution in [0.3, 0.4) is 0 Å². The summed E-state index contributed by atoms with van der Waals surface area (Å²) in [5, 5.41) is 14.0. The number of carbonyl (C=O) groups is 2. The molecule has 1 aliphatic rings. The second kappa shape index (κ2) is 7.97. The molecule has 0 unspecified atom stereocenters. The molecule has 34 heavy (non-hydrogen) atoms. The third kappa shape index (κ3) is 3.45. The molecule has 0 spiro atoms. The van der Waals surface area contributed by atoms with Crippen molar-refractivity contribution in [3.63, 3.8) is 0 Å². The highest BCUT2D eigenvalue weighted by Crippen LogP contribution is 2.41. The molecule has 0 aliphatic carbocycles. The van der Waals surface area contributed by atoms with Crippen LogP contribution in [0.1, 0.15) is 20.7 Å². The molecule has 5 rings (SSSR count). The maximum absolute atomic E-state index is 13.3. The number of sulfonamides is 1. The highest BCUT2D eigenvalue weighted by molar-refractivity contribution is 9.10. The van der Waals surface area contributed by atoms with E-state index in [2.05, 4.69) is 25.6 Å². The number of nitro groups is 1. The Morgan fingerprint density at radius 2 is 1.76 bits per heavy atom. The number of nitrogens with zero attached hydrogens (tertiary/aromatic N) is 3. The SMILES string of the molecule is O=C1c2cccc3c(Br)c([N+](=O)[O-])cc(c23)C(=O)N1c1ccc(S(=O)(=O)Nc2nccs2)cc1. The molecule has 0 atom stereocenters. The van der Waals surface area contributed by atoms with Gasteiger partial charge in [-0.05, 0) is 46.3 Å². The van der Waals surface area contributed by atoms with Crippen LogP contribution >= 0.6 is 27.3 Å². The first-order valence-corrected chi connectivity index (χ1v) is 12.7. The van der Waals surface area contributed by atoms with Crippen molar-refractivity contribution < 1.29 is 22.9 Å². The van der Waals surface area contributed by atoms with E-state index in [0.717, 1.165) is 22.3 Å². The van der Waals surface area contributed by atoms with Gasteiger partial charge < -0.3 is 0 Å². The molecular formula is C21H11BrN4O6S2. The zero-order valence-electron chi connectivity index (χ0n) is 16.8. The Balaban J connectivity index is 1.58. The highest BCUT2D eigenvalue weighted by Gasteiger charge is 2.36. The largest absolute Gasteiger partial charge is 0.284 e. The minimum absolute atomic E-state index is 0.00207. The van der Waals surface area contributed by atoms with Gasteiger partial charge in [0.25, 0.3) is 27.5 Å². The number of aromatic nitrogens is 1. The van der Waals surface area contributed by atoms with Crippen molar-refractivity contribution in [2.45, 2.75) is 4.90 Å². The Kier molecular flexibility index (Phi) is 5.19. The maximum atomic E-state index is 13.3. The first-order chi connectivity index (χ1) is 16.2. The molecule has 1 N–H and O–H groups in total. The van der Waals surface area contributed by atoms with Gasteiger partial charge in [0.1, 0.15) is 4.47 Å². The smallest absolute Gasteiger partial charge is 0.268 e. The first kappa shape index (κ1) is 22.1. The molecule has 170 valence electrons. The summed E-state index contributed by atoms with van der Waals surface area (Å²) in [6.07, 6.45) is 1.46. The number of nitrogens with one attached hydrogen (secondary N) is 1. The fourth-order valence-corrected chi connectivity index (χ4v) is 6.08. The van der Waals surface area contributed by atoms with E-state index in [1.165, 1.54) is 36.5 Å². The Bertz CT molecular complexity index is 1620. The van der Waals surface area contributed by atoms with Crippen LogP contribution in [0.25, 0.3) is 10.8 Å². The number of thiazole rings is 1. The number of halogens is 1. The van der Waals surface area contributed by atoms with E-state index in [-0.39, 0.29) is 37.0 Å². The zero-order valence-corrected chi connectivity index (χ0v) is 20.0. The van der Waals surface area contributed by atoms with Crippen molar-refractivity contribution >= 4 is 76.4 Å². The third-order valence-electron chi connectivity index (χ3n) is 5.20. The van der Waals surface area contributed by atoms with Crippen LogP contribution in [0.2, 0.25) is 0 Å².